The first kappa shape index (κ1) is 9.73. The van der Waals surface area contributed by atoms with Gasteiger partial charge in [0.1, 0.15) is 0 Å². The molecule has 0 saturated carbocycles. The standard InChI is InChI=1S/C11H11FN/c1-8(6-12)11-5-3-4-10(7-13)9(11)2/h3-5,8H,1,6H2,2H3. The van der Waals surface area contributed by atoms with Crippen LogP contribution >= 0.6 is 0 Å². The van der Waals surface area contributed by atoms with Crippen molar-refractivity contribution in [3.8, 4) is 6.07 Å². The third-order valence-electron chi connectivity index (χ3n) is 2.12. The lowest BCUT2D eigenvalue weighted by Gasteiger charge is -2.11. The molecule has 0 N–H and O–H groups in total. The number of alkyl halides is 1. The van der Waals surface area contributed by atoms with Crippen LogP contribution in [0, 0.1) is 25.2 Å². The zero-order chi connectivity index (χ0) is 9.84. The molecule has 2 heteroatoms. The van der Waals surface area contributed by atoms with E-state index in [1.807, 2.05) is 13.0 Å². The van der Waals surface area contributed by atoms with Gasteiger partial charge >= 0.3 is 0 Å². The summed E-state index contributed by atoms with van der Waals surface area (Å²) in [6.07, 6.45) is 0. The average molecular weight is 176 g/mol. The molecule has 13 heavy (non-hydrogen) atoms. The van der Waals surface area contributed by atoms with Crippen LogP contribution in [0.25, 0.3) is 0 Å². The topological polar surface area (TPSA) is 23.8 Å². The third kappa shape index (κ3) is 1.86. The van der Waals surface area contributed by atoms with Crippen molar-refractivity contribution in [3.05, 3.63) is 41.8 Å². The van der Waals surface area contributed by atoms with E-state index in [4.69, 9.17) is 5.26 Å². The second-order valence-corrected chi connectivity index (χ2v) is 2.98. The normalized spacial score (nSPS) is 12.2. The lowest BCUT2D eigenvalue weighted by atomic mass is 9.94. The van der Waals surface area contributed by atoms with Crippen LogP contribution in [0.4, 0.5) is 4.39 Å². The Hall–Kier alpha value is -1.36. The molecule has 0 spiro atoms. The summed E-state index contributed by atoms with van der Waals surface area (Å²) in [5.41, 5.74) is 2.25. The predicted octanol–water partition coefficient (Wildman–Crippen LogP) is 2.75. The second-order valence-electron chi connectivity index (χ2n) is 2.98. The molecule has 0 aliphatic rings. The second kappa shape index (κ2) is 4.04. The van der Waals surface area contributed by atoms with E-state index in [1.54, 1.807) is 12.1 Å². The number of hydrogen-bond acceptors (Lipinski definition) is 1. The van der Waals surface area contributed by atoms with Gasteiger partial charge in [-0.2, -0.15) is 5.26 Å². The van der Waals surface area contributed by atoms with Gasteiger partial charge in [0.25, 0.3) is 0 Å². The lowest BCUT2D eigenvalue weighted by Crippen LogP contribution is -2.00. The van der Waals surface area contributed by atoms with Gasteiger partial charge in [0.15, 0.2) is 0 Å². The summed E-state index contributed by atoms with van der Waals surface area (Å²) in [6.45, 7) is 5.01. The Morgan fingerprint density at radius 1 is 1.62 bits per heavy atom. The number of hydrogen-bond donors (Lipinski definition) is 0. The van der Waals surface area contributed by atoms with Crippen LogP contribution < -0.4 is 0 Å². The first-order valence-corrected chi connectivity index (χ1v) is 4.09. The monoisotopic (exact) mass is 176 g/mol. The van der Waals surface area contributed by atoms with Crippen molar-refractivity contribution in [2.75, 3.05) is 6.67 Å². The number of nitrogens with zero attached hydrogens (tertiary/aromatic N) is 1. The molecule has 1 nitrogen and oxygen atoms in total. The van der Waals surface area contributed by atoms with E-state index in [-0.39, 0.29) is 5.92 Å². The highest BCUT2D eigenvalue weighted by Crippen LogP contribution is 2.21. The molecule has 1 aromatic rings. The molecule has 0 heterocycles. The Morgan fingerprint density at radius 3 is 2.85 bits per heavy atom. The van der Waals surface area contributed by atoms with Gasteiger partial charge in [-0.3, -0.25) is 4.39 Å². The van der Waals surface area contributed by atoms with Crippen LogP contribution in [0.1, 0.15) is 22.6 Å². The van der Waals surface area contributed by atoms with Gasteiger partial charge in [-0.1, -0.05) is 12.1 Å². The van der Waals surface area contributed by atoms with E-state index in [2.05, 4.69) is 13.0 Å². The van der Waals surface area contributed by atoms with Crippen molar-refractivity contribution in [2.24, 2.45) is 0 Å². The van der Waals surface area contributed by atoms with E-state index in [1.165, 1.54) is 0 Å². The highest BCUT2D eigenvalue weighted by molar-refractivity contribution is 5.43. The van der Waals surface area contributed by atoms with E-state index < -0.39 is 6.67 Å². The highest BCUT2D eigenvalue weighted by atomic mass is 19.1. The number of halogens is 1. The zero-order valence-electron chi connectivity index (χ0n) is 7.55. The van der Waals surface area contributed by atoms with Crippen molar-refractivity contribution in [1.82, 2.24) is 0 Å². The molecular formula is C11H11FN. The molecule has 1 aromatic carbocycles. The Bertz CT molecular complexity index is 338. The van der Waals surface area contributed by atoms with Gasteiger partial charge in [0, 0.05) is 5.92 Å². The highest BCUT2D eigenvalue weighted by Gasteiger charge is 2.09. The van der Waals surface area contributed by atoms with Crippen LogP contribution in [0.2, 0.25) is 0 Å². The van der Waals surface area contributed by atoms with Gasteiger partial charge in [0.2, 0.25) is 0 Å². The van der Waals surface area contributed by atoms with Crippen LogP contribution in [-0.2, 0) is 0 Å². The molecule has 1 unspecified atom stereocenters. The molecule has 1 rings (SSSR count). The Balaban J connectivity index is 3.17. The Labute approximate surface area is 77.8 Å². The van der Waals surface area contributed by atoms with Crippen molar-refractivity contribution in [3.63, 3.8) is 0 Å². The molecule has 0 fully saturated rings. The van der Waals surface area contributed by atoms with Crippen molar-refractivity contribution in [2.45, 2.75) is 12.8 Å². The minimum Gasteiger partial charge on any atom is -0.250 e. The van der Waals surface area contributed by atoms with Gasteiger partial charge in [-0.15, -0.1) is 0 Å². The van der Waals surface area contributed by atoms with Crippen LogP contribution in [0.15, 0.2) is 18.2 Å². The maximum absolute atomic E-state index is 12.3. The van der Waals surface area contributed by atoms with Crippen LogP contribution in [-0.4, -0.2) is 6.67 Å². The summed E-state index contributed by atoms with van der Waals surface area (Å²) >= 11 is 0. The van der Waals surface area contributed by atoms with Gasteiger partial charge in [0.05, 0.1) is 18.3 Å². The molecule has 0 saturated heterocycles. The fourth-order valence-corrected chi connectivity index (χ4v) is 1.30. The number of benzene rings is 1. The average Bonchev–Trinajstić information content (AvgIpc) is 2.17. The van der Waals surface area contributed by atoms with Gasteiger partial charge in [-0.25, -0.2) is 0 Å². The Morgan fingerprint density at radius 2 is 2.31 bits per heavy atom. The van der Waals surface area contributed by atoms with E-state index in [0.717, 1.165) is 11.1 Å². The molecular weight excluding hydrogens is 165 g/mol. The Kier molecular flexibility index (Phi) is 3.02. The fourth-order valence-electron chi connectivity index (χ4n) is 1.30. The lowest BCUT2D eigenvalue weighted by molar-refractivity contribution is 0.464. The molecule has 67 valence electrons. The van der Waals surface area contributed by atoms with Crippen molar-refractivity contribution < 1.29 is 4.39 Å². The maximum atomic E-state index is 12.3. The summed E-state index contributed by atoms with van der Waals surface area (Å²) in [5, 5.41) is 8.73. The summed E-state index contributed by atoms with van der Waals surface area (Å²) in [4.78, 5) is 0. The smallest absolute Gasteiger partial charge is 0.0994 e. The maximum Gasteiger partial charge on any atom is 0.0994 e. The van der Waals surface area contributed by atoms with E-state index in [9.17, 15) is 4.39 Å². The minimum absolute atomic E-state index is 0.367. The molecule has 0 amide bonds. The van der Waals surface area contributed by atoms with Crippen molar-refractivity contribution >= 4 is 0 Å². The van der Waals surface area contributed by atoms with Crippen molar-refractivity contribution in [1.29, 1.82) is 5.26 Å². The SMILES string of the molecule is [CH2]C(CF)c1cccc(C#N)c1C. The van der Waals surface area contributed by atoms with E-state index >= 15 is 0 Å². The fraction of sp³-hybridized carbons (Fsp3) is 0.273. The largest absolute Gasteiger partial charge is 0.250 e. The zero-order valence-corrected chi connectivity index (χ0v) is 7.55. The number of nitriles is 1. The van der Waals surface area contributed by atoms with Crippen LogP contribution in [0.5, 0.6) is 0 Å². The predicted molar refractivity (Wildman–Crippen MR) is 50.0 cm³/mol. The first-order chi connectivity index (χ1) is 6.20. The molecule has 0 aliphatic heterocycles. The minimum atomic E-state index is -0.490. The number of rotatable bonds is 2. The molecule has 0 aromatic heterocycles. The molecule has 0 aliphatic carbocycles. The van der Waals surface area contributed by atoms with E-state index in [0.29, 0.717) is 5.56 Å². The molecule has 1 atom stereocenters. The van der Waals surface area contributed by atoms with Crippen LogP contribution in [0.3, 0.4) is 0 Å². The summed E-state index contributed by atoms with van der Waals surface area (Å²) in [7, 11) is 0. The first-order valence-electron chi connectivity index (χ1n) is 4.09. The summed E-state index contributed by atoms with van der Waals surface area (Å²) in [6, 6.07) is 7.36. The molecule has 1 radical (unpaired) electrons. The van der Waals surface area contributed by atoms with Gasteiger partial charge in [-0.05, 0) is 31.0 Å². The van der Waals surface area contributed by atoms with Gasteiger partial charge < -0.3 is 0 Å². The molecule has 0 bridgehead atoms. The quantitative estimate of drug-likeness (QED) is 0.679. The third-order valence-corrected chi connectivity index (χ3v) is 2.12. The summed E-state index contributed by atoms with van der Waals surface area (Å²) < 4.78 is 12.3. The summed E-state index contributed by atoms with van der Waals surface area (Å²) in [5.74, 6) is -0.367.